The minimum absolute atomic E-state index is 0.155. The molecule has 0 saturated heterocycles. The van der Waals surface area contributed by atoms with Crippen LogP contribution >= 0.6 is 15.9 Å². The van der Waals surface area contributed by atoms with Crippen molar-refractivity contribution in [1.82, 2.24) is 14.8 Å². The Balaban J connectivity index is 1.62. The number of nitrogens with zero attached hydrogens (tertiary/aromatic N) is 3. The lowest BCUT2D eigenvalue weighted by Crippen LogP contribution is -2.23. The van der Waals surface area contributed by atoms with Gasteiger partial charge in [-0.15, -0.1) is 10.2 Å². The van der Waals surface area contributed by atoms with E-state index in [1.807, 2.05) is 24.3 Å². The zero-order valence-electron chi connectivity index (χ0n) is 12.4. The molecule has 0 saturated carbocycles. The third kappa shape index (κ3) is 3.77. The van der Waals surface area contributed by atoms with Gasteiger partial charge in [0.25, 0.3) is 11.4 Å². The Bertz CT molecular complexity index is 919. The molecule has 0 atom stereocenters. The molecule has 0 N–H and O–H groups in total. The topological polar surface area (TPSA) is 87.2 Å². The van der Waals surface area contributed by atoms with Crippen molar-refractivity contribution in [2.24, 2.45) is 0 Å². The average Bonchev–Trinajstić information content (AvgIpc) is 3.04. The molecule has 122 valence electrons. The Morgan fingerprint density at radius 3 is 2.75 bits per heavy atom. The minimum atomic E-state index is -0.566. The number of hydrogen-bond donors (Lipinski definition) is 0. The van der Waals surface area contributed by atoms with Crippen LogP contribution in [0.4, 0.5) is 0 Å². The van der Waals surface area contributed by atoms with Crippen molar-refractivity contribution in [3.8, 4) is 11.5 Å². The van der Waals surface area contributed by atoms with Crippen LogP contribution in [0.5, 0.6) is 0 Å². The van der Waals surface area contributed by atoms with Gasteiger partial charge in [0.2, 0.25) is 5.89 Å². The number of hydrogen-bond acceptors (Lipinski definition) is 6. The van der Waals surface area contributed by atoms with Crippen molar-refractivity contribution >= 4 is 21.9 Å². The summed E-state index contributed by atoms with van der Waals surface area (Å²) in [7, 11) is 0. The van der Waals surface area contributed by atoms with Crippen LogP contribution in [0.2, 0.25) is 0 Å². The predicted molar refractivity (Wildman–Crippen MR) is 87.9 cm³/mol. The highest BCUT2D eigenvalue weighted by Crippen LogP contribution is 2.26. The molecule has 0 unspecified atom stereocenters. The Morgan fingerprint density at radius 2 is 1.96 bits per heavy atom. The minimum Gasteiger partial charge on any atom is -0.454 e. The van der Waals surface area contributed by atoms with Crippen LogP contribution in [0.1, 0.15) is 5.89 Å². The number of pyridine rings is 1. The fraction of sp³-hybridized carbons (Fsp3) is 0.125. The van der Waals surface area contributed by atoms with Gasteiger partial charge in [0.1, 0.15) is 6.54 Å². The summed E-state index contributed by atoms with van der Waals surface area (Å²) >= 11 is 3.40. The summed E-state index contributed by atoms with van der Waals surface area (Å²) in [6.45, 7) is -0.331. The van der Waals surface area contributed by atoms with Crippen molar-refractivity contribution in [1.29, 1.82) is 0 Å². The van der Waals surface area contributed by atoms with Gasteiger partial charge in [0, 0.05) is 16.7 Å². The number of benzene rings is 1. The molecule has 0 fully saturated rings. The number of carbonyl (C=O) groups excluding carboxylic acids is 1. The van der Waals surface area contributed by atoms with Crippen molar-refractivity contribution in [2.75, 3.05) is 0 Å². The SMILES string of the molecule is O=C(Cn1ccccc1=O)OCc1nnc(-c2ccccc2Br)o1. The predicted octanol–water partition coefficient (Wildman–Crippen LogP) is 2.40. The lowest BCUT2D eigenvalue weighted by atomic mass is 10.2. The van der Waals surface area contributed by atoms with E-state index in [0.29, 0.717) is 5.89 Å². The monoisotopic (exact) mass is 389 g/mol. The normalized spacial score (nSPS) is 10.5. The number of esters is 1. The first-order valence-corrected chi connectivity index (χ1v) is 7.81. The van der Waals surface area contributed by atoms with E-state index in [2.05, 4.69) is 26.1 Å². The first-order valence-electron chi connectivity index (χ1n) is 7.02. The molecule has 2 heterocycles. The number of rotatable bonds is 5. The van der Waals surface area contributed by atoms with Gasteiger partial charge in [0.05, 0.1) is 5.56 Å². The van der Waals surface area contributed by atoms with Gasteiger partial charge in [-0.3, -0.25) is 9.59 Å². The quantitative estimate of drug-likeness (QED) is 0.622. The number of carbonyl (C=O) groups is 1. The van der Waals surface area contributed by atoms with E-state index < -0.39 is 5.97 Å². The molecular formula is C16H12BrN3O4. The Labute approximate surface area is 145 Å². The molecule has 8 heteroatoms. The fourth-order valence-corrected chi connectivity index (χ4v) is 2.43. The summed E-state index contributed by atoms with van der Waals surface area (Å²) in [6, 6.07) is 12.0. The Hall–Kier alpha value is -2.74. The Morgan fingerprint density at radius 1 is 1.17 bits per heavy atom. The maximum Gasteiger partial charge on any atom is 0.326 e. The zero-order valence-corrected chi connectivity index (χ0v) is 14.0. The summed E-state index contributed by atoms with van der Waals surface area (Å²) in [6.07, 6.45) is 1.52. The second kappa shape index (κ2) is 7.22. The maximum atomic E-state index is 11.8. The van der Waals surface area contributed by atoms with E-state index >= 15 is 0 Å². The molecule has 0 bridgehead atoms. The highest BCUT2D eigenvalue weighted by atomic mass is 79.9. The molecule has 0 radical (unpaired) electrons. The molecular weight excluding hydrogens is 378 g/mol. The smallest absolute Gasteiger partial charge is 0.326 e. The molecule has 0 amide bonds. The van der Waals surface area contributed by atoms with Gasteiger partial charge in [-0.2, -0.15) is 0 Å². The summed E-state index contributed by atoms with van der Waals surface area (Å²) in [5.74, 6) is -0.0637. The summed E-state index contributed by atoms with van der Waals surface area (Å²) in [4.78, 5) is 23.3. The van der Waals surface area contributed by atoms with Crippen LogP contribution in [-0.2, 0) is 22.7 Å². The zero-order chi connectivity index (χ0) is 16.9. The van der Waals surface area contributed by atoms with Crippen LogP contribution in [0.3, 0.4) is 0 Å². The van der Waals surface area contributed by atoms with Crippen LogP contribution in [0.25, 0.3) is 11.5 Å². The first-order chi connectivity index (χ1) is 11.6. The van der Waals surface area contributed by atoms with E-state index in [0.717, 1.165) is 10.0 Å². The summed E-state index contributed by atoms with van der Waals surface area (Å²) in [5, 5.41) is 7.78. The molecule has 0 aliphatic rings. The third-order valence-electron chi connectivity index (χ3n) is 3.13. The fourth-order valence-electron chi connectivity index (χ4n) is 1.97. The van der Waals surface area contributed by atoms with Gasteiger partial charge in [-0.1, -0.05) is 18.2 Å². The maximum absolute atomic E-state index is 11.8. The van der Waals surface area contributed by atoms with Crippen molar-refractivity contribution in [2.45, 2.75) is 13.2 Å². The van der Waals surface area contributed by atoms with Crippen molar-refractivity contribution in [3.05, 3.63) is 69.4 Å². The van der Waals surface area contributed by atoms with E-state index in [4.69, 9.17) is 9.15 Å². The van der Waals surface area contributed by atoms with Crippen LogP contribution < -0.4 is 5.56 Å². The first kappa shape index (κ1) is 16.1. The second-order valence-corrected chi connectivity index (χ2v) is 5.66. The van der Waals surface area contributed by atoms with Gasteiger partial charge in [-0.25, -0.2) is 0 Å². The molecule has 0 aliphatic heterocycles. The van der Waals surface area contributed by atoms with Crippen LogP contribution in [0, 0.1) is 0 Å². The third-order valence-corrected chi connectivity index (χ3v) is 3.82. The molecule has 1 aromatic carbocycles. The molecule has 0 aliphatic carbocycles. The lowest BCUT2D eigenvalue weighted by Gasteiger charge is -2.04. The van der Waals surface area contributed by atoms with Crippen molar-refractivity contribution < 1.29 is 13.9 Å². The molecule has 3 aromatic rings. The number of ether oxygens (including phenoxy) is 1. The lowest BCUT2D eigenvalue weighted by molar-refractivity contribution is -0.146. The number of aromatic nitrogens is 3. The van der Waals surface area contributed by atoms with Gasteiger partial charge < -0.3 is 13.7 Å². The van der Waals surface area contributed by atoms with E-state index in [1.165, 1.54) is 16.8 Å². The van der Waals surface area contributed by atoms with E-state index in [-0.39, 0.29) is 24.6 Å². The second-order valence-electron chi connectivity index (χ2n) is 4.81. The van der Waals surface area contributed by atoms with Gasteiger partial charge in [-0.05, 0) is 34.1 Å². The Kier molecular flexibility index (Phi) is 4.85. The summed E-state index contributed by atoms with van der Waals surface area (Å²) in [5.41, 5.74) is 0.474. The largest absolute Gasteiger partial charge is 0.454 e. The highest BCUT2D eigenvalue weighted by molar-refractivity contribution is 9.10. The van der Waals surface area contributed by atoms with E-state index in [9.17, 15) is 9.59 Å². The molecule has 7 nitrogen and oxygen atoms in total. The standard InChI is InChI=1S/C16H12BrN3O4/c17-12-6-2-1-5-11(12)16-19-18-13(24-16)10-23-15(22)9-20-8-4-3-7-14(20)21/h1-8H,9-10H2. The van der Waals surface area contributed by atoms with Crippen LogP contribution in [0.15, 0.2) is 62.3 Å². The highest BCUT2D eigenvalue weighted by Gasteiger charge is 2.13. The van der Waals surface area contributed by atoms with E-state index in [1.54, 1.807) is 12.1 Å². The van der Waals surface area contributed by atoms with Gasteiger partial charge >= 0.3 is 5.97 Å². The van der Waals surface area contributed by atoms with Crippen LogP contribution in [-0.4, -0.2) is 20.7 Å². The summed E-state index contributed by atoms with van der Waals surface area (Å²) < 4.78 is 12.6. The van der Waals surface area contributed by atoms with Crippen molar-refractivity contribution in [3.63, 3.8) is 0 Å². The molecule has 24 heavy (non-hydrogen) atoms. The molecule has 2 aromatic heterocycles. The number of halogens is 1. The average molecular weight is 390 g/mol. The molecule has 3 rings (SSSR count). The van der Waals surface area contributed by atoms with Gasteiger partial charge in [0.15, 0.2) is 6.61 Å². The molecule has 0 spiro atoms.